The minimum Gasteiger partial charge on any atom is -0.463 e. The molecule has 0 fully saturated rings. The Morgan fingerprint density at radius 3 is 1.51 bits per heavy atom. The molecule has 0 aliphatic heterocycles. The topological polar surface area (TPSA) is 105 Å². The first kappa shape index (κ1) is 32.9. The molecule has 35 heavy (non-hydrogen) atoms. The molecule has 0 radical (unpaired) electrons. The third-order valence-electron chi connectivity index (χ3n) is 5.60. The standard InChI is InChI=1S/C27H48O8/c1-5-6-7-8-9-11-14-17-25(34-23(3)29)18-15-12-10-13-16-19-27(31)33-21-26(35-24(4)30)20-32-22(2)28/h25-26H,5-21H2,1-4H3. The van der Waals surface area contributed by atoms with Crippen LogP contribution in [0.3, 0.4) is 0 Å². The maximum atomic E-state index is 11.9. The maximum absolute atomic E-state index is 11.9. The van der Waals surface area contributed by atoms with Crippen molar-refractivity contribution in [3.63, 3.8) is 0 Å². The van der Waals surface area contributed by atoms with Crippen molar-refractivity contribution in [3.8, 4) is 0 Å². The third kappa shape index (κ3) is 23.4. The molecule has 0 amide bonds. The summed E-state index contributed by atoms with van der Waals surface area (Å²) >= 11 is 0. The van der Waals surface area contributed by atoms with Crippen molar-refractivity contribution in [3.05, 3.63) is 0 Å². The fourth-order valence-corrected chi connectivity index (χ4v) is 3.82. The zero-order chi connectivity index (χ0) is 26.3. The number of rotatable bonds is 22. The lowest BCUT2D eigenvalue weighted by atomic mass is 10.0. The van der Waals surface area contributed by atoms with Crippen LogP contribution in [0.5, 0.6) is 0 Å². The van der Waals surface area contributed by atoms with Gasteiger partial charge in [0.25, 0.3) is 0 Å². The summed E-state index contributed by atoms with van der Waals surface area (Å²) in [5.74, 6) is -1.60. The van der Waals surface area contributed by atoms with Crippen LogP contribution >= 0.6 is 0 Å². The molecule has 2 unspecified atom stereocenters. The van der Waals surface area contributed by atoms with Crippen LogP contribution in [0.4, 0.5) is 0 Å². The second kappa shape index (κ2) is 22.4. The summed E-state index contributed by atoms with van der Waals surface area (Å²) in [4.78, 5) is 45.4. The quantitative estimate of drug-likeness (QED) is 0.104. The van der Waals surface area contributed by atoms with Gasteiger partial charge in [-0.05, 0) is 32.1 Å². The Morgan fingerprint density at radius 1 is 0.543 bits per heavy atom. The lowest BCUT2D eigenvalue weighted by Crippen LogP contribution is -2.29. The highest BCUT2D eigenvalue weighted by Gasteiger charge is 2.17. The van der Waals surface area contributed by atoms with Gasteiger partial charge in [-0.1, -0.05) is 64.7 Å². The summed E-state index contributed by atoms with van der Waals surface area (Å²) in [6.45, 7) is 5.91. The Morgan fingerprint density at radius 2 is 1.00 bits per heavy atom. The van der Waals surface area contributed by atoms with E-state index in [9.17, 15) is 19.2 Å². The van der Waals surface area contributed by atoms with Gasteiger partial charge in [0.1, 0.15) is 19.3 Å². The second-order valence-electron chi connectivity index (χ2n) is 9.16. The predicted octanol–water partition coefficient (Wildman–Crippen LogP) is 5.83. The van der Waals surface area contributed by atoms with Crippen LogP contribution in [0.1, 0.15) is 124 Å². The van der Waals surface area contributed by atoms with Crippen LogP contribution < -0.4 is 0 Å². The molecule has 8 nitrogen and oxygen atoms in total. The molecule has 8 heteroatoms. The number of carbonyl (C=O) groups is 4. The molecule has 0 saturated heterocycles. The first-order chi connectivity index (χ1) is 16.7. The molecule has 0 heterocycles. The summed E-state index contributed by atoms with van der Waals surface area (Å²) in [5, 5.41) is 0. The number of ether oxygens (including phenoxy) is 4. The molecule has 0 bridgehead atoms. The fraction of sp³-hybridized carbons (Fsp3) is 0.852. The van der Waals surface area contributed by atoms with Gasteiger partial charge in [-0.25, -0.2) is 0 Å². The Hall–Kier alpha value is -2.12. The van der Waals surface area contributed by atoms with Crippen LogP contribution in [0, 0.1) is 0 Å². The van der Waals surface area contributed by atoms with E-state index in [1.807, 2.05) is 0 Å². The minimum atomic E-state index is -0.799. The van der Waals surface area contributed by atoms with Gasteiger partial charge >= 0.3 is 23.9 Å². The van der Waals surface area contributed by atoms with E-state index in [-0.39, 0.29) is 37.7 Å². The minimum absolute atomic E-state index is 0.00951. The summed E-state index contributed by atoms with van der Waals surface area (Å²) in [6.07, 6.45) is 14.7. The molecule has 0 aromatic rings. The van der Waals surface area contributed by atoms with Gasteiger partial charge in [0.2, 0.25) is 0 Å². The average molecular weight is 501 g/mol. The number of esters is 4. The van der Waals surface area contributed by atoms with Crippen LogP contribution in [-0.2, 0) is 38.1 Å². The molecular weight excluding hydrogens is 452 g/mol. The summed E-state index contributed by atoms with van der Waals surface area (Å²) < 4.78 is 20.5. The average Bonchev–Trinajstić information content (AvgIpc) is 2.78. The largest absolute Gasteiger partial charge is 0.463 e. The SMILES string of the molecule is CCCCCCCCCC(CCCCCCCC(=O)OCC(COC(C)=O)OC(C)=O)OC(C)=O. The predicted molar refractivity (Wildman–Crippen MR) is 134 cm³/mol. The molecule has 0 N–H and O–H groups in total. The van der Waals surface area contributed by atoms with Gasteiger partial charge in [0, 0.05) is 27.2 Å². The van der Waals surface area contributed by atoms with E-state index in [1.54, 1.807) is 0 Å². The molecule has 0 spiro atoms. The van der Waals surface area contributed by atoms with Crippen molar-refractivity contribution in [1.29, 1.82) is 0 Å². The highest BCUT2D eigenvalue weighted by atomic mass is 16.6. The zero-order valence-electron chi connectivity index (χ0n) is 22.4. The molecule has 0 saturated carbocycles. The van der Waals surface area contributed by atoms with Gasteiger partial charge < -0.3 is 18.9 Å². The maximum Gasteiger partial charge on any atom is 0.305 e. The Balaban J connectivity index is 3.93. The van der Waals surface area contributed by atoms with Gasteiger partial charge in [-0.2, -0.15) is 0 Å². The van der Waals surface area contributed by atoms with E-state index in [0.29, 0.717) is 6.42 Å². The first-order valence-electron chi connectivity index (χ1n) is 13.4. The van der Waals surface area contributed by atoms with Gasteiger partial charge in [-0.3, -0.25) is 19.2 Å². The van der Waals surface area contributed by atoms with Crippen LogP contribution in [0.15, 0.2) is 0 Å². The fourth-order valence-electron chi connectivity index (χ4n) is 3.82. The van der Waals surface area contributed by atoms with Crippen molar-refractivity contribution < 1.29 is 38.1 Å². The smallest absolute Gasteiger partial charge is 0.305 e. The van der Waals surface area contributed by atoms with Crippen LogP contribution in [0.2, 0.25) is 0 Å². The van der Waals surface area contributed by atoms with Crippen LogP contribution in [0.25, 0.3) is 0 Å². The van der Waals surface area contributed by atoms with Gasteiger partial charge in [0.05, 0.1) is 0 Å². The molecule has 0 aliphatic carbocycles. The van der Waals surface area contributed by atoms with Crippen molar-refractivity contribution in [2.75, 3.05) is 13.2 Å². The molecule has 0 aromatic carbocycles. The first-order valence-corrected chi connectivity index (χ1v) is 13.4. The van der Waals surface area contributed by atoms with Crippen molar-refractivity contribution >= 4 is 23.9 Å². The van der Waals surface area contributed by atoms with Crippen molar-refractivity contribution in [2.45, 2.75) is 136 Å². The van der Waals surface area contributed by atoms with E-state index in [1.165, 1.54) is 59.3 Å². The van der Waals surface area contributed by atoms with Gasteiger partial charge in [0.15, 0.2) is 6.10 Å². The lowest BCUT2D eigenvalue weighted by molar-refractivity contribution is -0.164. The van der Waals surface area contributed by atoms with E-state index in [4.69, 9.17) is 18.9 Å². The number of hydrogen-bond donors (Lipinski definition) is 0. The normalized spacial score (nSPS) is 12.5. The van der Waals surface area contributed by atoms with E-state index < -0.39 is 18.0 Å². The number of carbonyl (C=O) groups excluding carboxylic acids is 4. The third-order valence-corrected chi connectivity index (χ3v) is 5.60. The summed E-state index contributed by atoms with van der Waals surface area (Å²) in [6, 6.07) is 0. The van der Waals surface area contributed by atoms with Crippen molar-refractivity contribution in [1.82, 2.24) is 0 Å². The summed E-state index contributed by atoms with van der Waals surface area (Å²) in [5.41, 5.74) is 0. The van der Waals surface area contributed by atoms with E-state index >= 15 is 0 Å². The molecule has 204 valence electrons. The number of unbranched alkanes of at least 4 members (excludes halogenated alkanes) is 10. The highest BCUT2D eigenvalue weighted by Crippen LogP contribution is 2.17. The molecular formula is C27H48O8. The number of hydrogen-bond acceptors (Lipinski definition) is 8. The highest BCUT2D eigenvalue weighted by molar-refractivity contribution is 5.69. The van der Waals surface area contributed by atoms with E-state index in [0.717, 1.165) is 44.9 Å². The molecule has 2 atom stereocenters. The Kier molecular flexibility index (Phi) is 21.0. The van der Waals surface area contributed by atoms with Gasteiger partial charge in [-0.15, -0.1) is 0 Å². The lowest BCUT2D eigenvalue weighted by Gasteiger charge is -2.17. The van der Waals surface area contributed by atoms with Crippen molar-refractivity contribution in [2.24, 2.45) is 0 Å². The second-order valence-corrected chi connectivity index (χ2v) is 9.16. The molecule has 0 aliphatic rings. The van der Waals surface area contributed by atoms with E-state index in [2.05, 4.69) is 6.92 Å². The monoisotopic (exact) mass is 500 g/mol. The Labute approximate surface area is 211 Å². The molecule has 0 aromatic heterocycles. The van der Waals surface area contributed by atoms with Crippen LogP contribution in [-0.4, -0.2) is 49.3 Å². The summed E-state index contributed by atoms with van der Waals surface area (Å²) in [7, 11) is 0. The Bertz CT molecular complexity index is 590. The molecule has 0 rings (SSSR count). The zero-order valence-corrected chi connectivity index (χ0v) is 22.4.